The van der Waals surface area contributed by atoms with Crippen molar-refractivity contribution in [3.8, 4) is 0 Å². The number of rotatable bonds is 5. The summed E-state index contributed by atoms with van der Waals surface area (Å²) in [6.07, 6.45) is 0.622. The Morgan fingerprint density at radius 2 is 2.00 bits per heavy atom. The van der Waals surface area contributed by atoms with E-state index in [1.54, 1.807) is 0 Å². The first-order valence-corrected chi connectivity index (χ1v) is 7.16. The molecule has 0 aromatic carbocycles. The van der Waals surface area contributed by atoms with Crippen LogP contribution in [-0.4, -0.2) is 24.0 Å². The van der Waals surface area contributed by atoms with E-state index in [2.05, 4.69) is 5.32 Å². The second-order valence-electron chi connectivity index (χ2n) is 5.37. The number of ketones is 1. The predicted octanol–water partition coefficient (Wildman–Crippen LogP) is 3.54. The van der Waals surface area contributed by atoms with Crippen LogP contribution in [0.4, 0.5) is 4.79 Å². The van der Waals surface area contributed by atoms with Crippen molar-refractivity contribution in [2.75, 3.05) is 6.54 Å². The lowest BCUT2D eigenvalue weighted by atomic mass is 10.2. The third-order valence-corrected chi connectivity index (χ3v) is 3.31. The van der Waals surface area contributed by atoms with E-state index < -0.39 is 11.7 Å². The Hall–Kier alpha value is -1.36. The highest BCUT2D eigenvalue weighted by atomic mass is 32.1. The molecule has 0 spiro atoms. The van der Waals surface area contributed by atoms with E-state index in [1.165, 1.54) is 11.3 Å². The number of thiophene rings is 1. The Morgan fingerprint density at radius 3 is 2.53 bits per heavy atom. The standard InChI is InChI=1S/C14H21NO3S/c1-10-7-8-12(19-10)11(16)6-5-9-15-13(17)18-14(2,3)4/h7-8H,5-6,9H2,1-4H3,(H,15,17). The van der Waals surface area contributed by atoms with Gasteiger partial charge in [-0.2, -0.15) is 0 Å². The van der Waals surface area contributed by atoms with E-state index in [1.807, 2.05) is 39.8 Å². The lowest BCUT2D eigenvalue weighted by Gasteiger charge is -2.19. The molecule has 1 aromatic rings. The van der Waals surface area contributed by atoms with Crippen molar-refractivity contribution in [2.45, 2.75) is 46.1 Å². The molecule has 1 heterocycles. The molecule has 0 atom stereocenters. The van der Waals surface area contributed by atoms with E-state index in [9.17, 15) is 9.59 Å². The van der Waals surface area contributed by atoms with Crippen molar-refractivity contribution in [1.29, 1.82) is 0 Å². The third-order valence-electron chi connectivity index (χ3n) is 2.26. The lowest BCUT2D eigenvalue weighted by molar-refractivity contribution is 0.0525. The first-order valence-electron chi connectivity index (χ1n) is 6.34. The second kappa shape index (κ2) is 6.70. The van der Waals surface area contributed by atoms with Gasteiger partial charge in [-0.3, -0.25) is 4.79 Å². The molecule has 0 unspecified atom stereocenters. The molecule has 0 saturated carbocycles. The molecular weight excluding hydrogens is 262 g/mol. The highest BCUT2D eigenvalue weighted by Crippen LogP contribution is 2.17. The highest BCUT2D eigenvalue weighted by molar-refractivity contribution is 7.14. The van der Waals surface area contributed by atoms with Gasteiger partial charge in [0.2, 0.25) is 0 Å². The Morgan fingerprint density at radius 1 is 1.32 bits per heavy atom. The summed E-state index contributed by atoms with van der Waals surface area (Å²) in [5.41, 5.74) is -0.492. The summed E-state index contributed by atoms with van der Waals surface area (Å²) >= 11 is 1.51. The van der Waals surface area contributed by atoms with Crippen molar-refractivity contribution >= 4 is 23.2 Å². The summed E-state index contributed by atoms with van der Waals surface area (Å²) in [4.78, 5) is 25.1. The van der Waals surface area contributed by atoms with Crippen LogP contribution < -0.4 is 5.32 Å². The summed E-state index contributed by atoms with van der Waals surface area (Å²) in [7, 11) is 0. The van der Waals surface area contributed by atoms with Crippen LogP contribution in [0.5, 0.6) is 0 Å². The maximum atomic E-state index is 11.8. The molecule has 1 rings (SSSR count). The fourth-order valence-corrected chi connectivity index (χ4v) is 2.30. The van der Waals surface area contributed by atoms with Gasteiger partial charge in [0.15, 0.2) is 5.78 Å². The molecule has 5 heteroatoms. The molecule has 0 aliphatic heterocycles. The Labute approximate surface area is 118 Å². The van der Waals surface area contributed by atoms with Gasteiger partial charge in [-0.05, 0) is 46.2 Å². The van der Waals surface area contributed by atoms with Gasteiger partial charge in [0.25, 0.3) is 0 Å². The quantitative estimate of drug-likeness (QED) is 0.664. The van der Waals surface area contributed by atoms with Gasteiger partial charge < -0.3 is 10.1 Å². The number of nitrogens with one attached hydrogen (secondary N) is 1. The van der Waals surface area contributed by atoms with Crippen molar-refractivity contribution in [3.05, 3.63) is 21.9 Å². The van der Waals surface area contributed by atoms with Crippen LogP contribution in [0.1, 0.15) is 48.2 Å². The summed E-state index contributed by atoms with van der Waals surface area (Å²) in [6, 6.07) is 3.79. The number of alkyl carbamates (subject to hydrolysis) is 1. The minimum absolute atomic E-state index is 0.129. The second-order valence-corrected chi connectivity index (χ2v) is 6.65. The average Bonchev–Trinajstić information content (AvgIpc) is 2.68. The van der Waals surface area contributed by atoms with Gasteiger partial charge in [0.05, 0.1) is 4.88 Å². The first kappa shape index (κ1) is 15.7. The predicted molar refractivity (Wildman–Crippen MR) is 76.9 cm³/mol. The van der Waals surface area contributed by atoms with Gasteiger partial charge >= 0.3 is 6.09 Å². The number of carbonyl (C=O) groups excluding carboxylic acids is 2. The van der Waals surface area contributed by atoms with Crippen molar-refractivity contribution in [1.82, 2.24) is 5.32 Å². The molecule has 0 fully saturated rings. The first-order chi connectivity index (χ1) is 8.78. The van der Waals surface area contributed by atoms with Crippen LogP contribution >= 0.6 is 11.3 Å². The van der Waals surface area contributed by atoms with Crippen molar-refractivity contribution in [2.24, 2.45) is 0 Å². The molecule has 1 N–H and O–H groups in total. The van der Waals surface area contributed by atoms with E-state index in [-0.39, 0.29) is 5.78 Å². The molecule has 1 aromatic heterocycles. The van der Waals surface area contributed by atoms with Gasteiger partial charge in [-0.15, -0.1) is 11.3 Å². The van der Waals surface area contributed by atoms with Gasteiger partial charge in [-0.25, -0.2) is 4.79 Å². The number of hydrogen-bond donors (Lipinski definition) is 1. The molecule has 0 saturated heterocycles. The van der Waals surface area contributed by atoms with Crippen LogP contribution in [0, 0.1) is 6.92 Å². The van der Waals surface area contributed by atoms with Crippen molar-refractivity contribution < 1.29 is 14.3 Å². The topological polar surface area (TPSA) is 55.4 Å². The molecule has 4 nitrogen and oxygen atoms in total. The fraction of sp³-hybridized carbons (Fsp3) is 0.571. The van der Waals surface area contributed by atoms with Crippen LogP contribution in [0.15, 0.2) is 12.1 Å². The summed E-state index contributed by atoms with van der Waals surface area (Å²) in [5, 5.41) is 2.64. The number of amides is 1. The largest absolute Gasteiger partial charge is 0.444 e. The zero-order valence-corrected chi connectivity index (χ0v) is 12.7. The van der Waals surface area contributed by atoms with Crippen LogP contribution in [0.25, 0.3) is 0 Å². The van der Waals surface area contributed by atoms with Crippen LogP contribution in [-0.2, 0) is 4.74 Å². The maximum absolute atomic E-state index is 11.8. The van der Waals surface area contributed by atoms with Crippen LogP contribution in [0.2, 0.25) is 0 Å². The van der Waals surface area contributed by atoms with Crippen molar-refractivity contribution in [3.63, 3.8) is 0 Å². The molecule has 0 bridgehead atoms. The van der Waals surface area contributed by atoms with Crippen LogP contribution in [0.3, 0.4) is 0 Å². The van der Waals surface area contributed by atoms with E-state index in [0.717, 1.165) is 9.75 Å². The monoisotopic (exact) mass is 283 g/mol. The van der Waals surface area contributed by atoms with E-state index in [0.29, 0.717) is 19.4 Å². The molecule has 106 valence electrons. The summed E-state index contributed by atoms with van der Waals surface area (Å²) < 4.78 is 5.10. The molecule has 0 aliphatic rings. The highest BCUT2D eigenvalue weighted by Gasteiger charge is 2.15. The minimum Gasteiger partial charge on any atom is -0.444 e. The summed E-state index contributed by atoms with van der Waals surface area (Å²) in [6.45, 7) is 7.87. The zero-order valence-electron chi connectivity index (χ0n) is 11.9. The van der Waals surface area contributed by atoms with E-state index >= 15 is 0 Å². The fourth-order valence-electron chi connectivity index (χ4n) is 1.46. The SMILES string of the molecule is Cc1ccc(C(=O)CCCNC(=O)OC(C)(C)C)s1. The lowest BCUT2D eigenvalue weighted by Crippen LogP contribution is -2.33. The number of carbonyl (C=O) groups is 2. The van der Waals surface area contributed by atoms with Gasteiger partial charge in [0, 0.05) is 17.8 Å². The maximum Gasteiger partial charge on any atom is 0.407 e. The smallest absolute Gasteiger partial charge is 0.407 e. The minimum atomic E-state index is -0.492. The summed E-state index contributed by atoms with van der Waals surface area (Å²) in [5.74, 6) is 0.129. The number of Topliss-reactive ketones (excluding diaryl/α,β-unsaturated/α-hetero) is 1. The van der Waals surface area contributed by atoms with E-state index in [4.69, 9.17) is 4.74 Å². The average molecular weight is 283 g/mol. The Bertz CT molecular complexity index is 446. The normalized spacial score (nSPS) is 11.2. The molecule has 19 heavy (non-hydrogen) atoms. The van der Waals surface area contributed by atoms with Gasteiger partial charge in [-0.1, -0.05) is 0 Å². The molecule has 1 amide bonds. The Kier molecular flexibility index (Phi) is 5.54. The van der Waals surface area contributed by atoms with Gasteiger partial charge in [0.1, 0.15) is 5.60 Å². The molecular formula is C14H21NO3S. The third kappa shape index (κ3) is 6.38. The Balaban J connectivity index is 2.21. The zero-order chi connectivity index (χ0) is 14.5. The molecule has 0 radical (unpaired) electrons. The number of ether oxygens (including phenoxy) is 1. The molecule has 0 aliphatic carbocycles. The number of hydrogen-bond acceptors (Lipinski definition) is 4. The number of aryl methyl sites for hydroxylation is 1.